The third-order valence-corrected chi connectivity index (χ3v) is 3.10. The largest absolute Gasteiger partial charge is 0.508 e. The second kappa shape index (κ2) is 3.71. The number of furan rings is 1. The first kappa shape index (κ1) is 11.5. The van der Waals surface area contributed by atoms with E-state index in [0.717, 1.165) is 0 Å². The monoisotopic (exact) mass is 257 g/mol. The molecule has 0 saturated carbocycles. The number of Topliss-reactive ketones (excluding diaryl/α,β-unsaturated/α-hetero) is 1. The molecule has 0 bridgehead atoms. The Hall–Kier alpha value is -2.56. The van der Waals surface area contributed by atoms with E-state index in [0.29, 0.717) is 16.7 Å². The van der Waals surface area contributed by atoms with E-state index in [9.17, 15) is 14.7 Å². The number of carbonyl (C=O) groups excluding carboxylic acids is 2. The quantitative estimate of drug-likeness (QED) is 0.845. The van der Waals surface area contributed by atoms with E-state index in [2.05, 4.69) is 0 Å². The highest BCUT2D eigenvalue weighted by molar-refractivity contribution is 6.27. The van der Waals surface area contributed by atoms with Gasteiger partial charge in [-0.25, -0.2) is 0 Å². The first-order valence-corrected chi connectivity index (χ1v) is 5.72. The summed E-state index contributed by atoms with van der Waals surface area (Å²) in [7, 11) is 3.39. The molecule has 1 N–H and O–H groups in total. The van der Waals surface area contributed by atoms with Gasteiger partial charge < -0.3 is 14.4 Å². The molecule has 0 saturated heterocycles. The molecular weight excluding hydrogens is 246 g/mol. The van der Waals surface area contributed by atoms with Gasteiger partial charge in [-0.3, -0.25) is 9.59 Å². The minimum Gasteiger partial charge on any atom is -0.508 e. The zero-order chi connectivity index (χ0) is 13.7. The molecule has 2 aromatic rings. The summed E-state index contributed by atoms with van der Waals surface area (Å²) in [6.45, 7) is 0. The summed E-state index contributed by atoms with van der Waals surface area (Å²) in [5, 5.41) is 9.97. The van der Waals surface area contributed by atoms with Crippen molar-refractivity contribution < 1.29 is 19.1 Å². The Bertz CT molecular complexity index is 752. The number of ketones is 2. The maximum atomic E-state index is 12.4. The lowest BCUT2D eigenvalue weighted by Crippen LogP contribution is -2.25. The van der Waals surface area contributed by atoms with Crippen molar-refractivity contribution in [2.45, 2.75) is 0 Å². The predicted octanol–water partition coefficient (Wildman–Crippen LogP) is 1.96. The van der Waals surface area contributed by atoms with Crippen molar-refractivity contribution in [1.29, 1.82) is 0 Å². The fraction of sp³-hybridized carbons (Fsp3) is 0.143. The van der Waals surface area contributed by atoms with E-state index in [-0.39, 0.29) is 28.6 Å². The van der Waals surface area contributed by atoms with Gasteiger partial charge in [0.05, 0.1) is 11.3 Å². The minimum atomic E-state index is -0.339. The number of allylic oxidation sites excluding steroid dienone is 2. The van der Waals surface area contributed by atoms with Gasteiger partial charge in [0.25, 0.3) is 0 Å². The van der Waals surface area contributed by atoms with E-state index >= 15 is 0 Å². The molecule has 5 nitrogen and oxygen atoms in total. The van der Waals surface area contributed by atoms with Crippen LogP contribution >= 0.6 is 0 Å². The molecule has 1 aliphatic rings. The van der Waals surface area contributed by atoms with E-state index in [1.165, 1.54) is 18.2 Å². The Kier molecular flexibility index (Phi) is 2.25. The highest BCUT2D eigenvalue weighted by atomic mass is 16.3. The molecule has 19 heavy (non-hydrogen) atoms. The topological polar surface area (TPSA) is 70.8 Å². The number of aromatic hydroxyl groups is 1. The summed E-state index contributed by atoms with van der Waals surface area (Å²) < 4.78 is 5.41. The van der Waals surface area contributed by atoms with Gasteiger partial charge in [0.1, 0.15) is 11.3 Å². The van der Waals surface area contributed by atoms with Crippen molar-refractivity contribution in [1.82, 2.24) is 4.90 Å². The zero-order valence-corrected chi connectivity index (χ0v) is 10.4. The number of hydrogen-bond acceptors (Lipinski definition) is 5. The van der Waals surface area contributed by atoms with Crippen LogP contribution in [0.4, 0.5) is 0 Å². The molecule has 0 unspecified atom stereocenters. The Labute approximate surface area is 108 Å². The lowest BCUT2D eigenvalue weighted by Gasteiger charge is -2.18. The van der Waals surface area contributed by atoms with Gasteiger partial charge in [-0.2, -0.15) is 0 Å². The van der Waals surface area contributed by atoms with Gasteiger partial charge in [0.15, 0.2) is 5.76 Å². The summed E-state index contributed by atoms with van der Waals surface area (Å²) in [5.41, 5.74) is 0.948. The van der Waals surface area contributed by atoms with E-state index in [4.69, 9.17) is 4.42 Å². The van der Waals surface area contributed by atoms with Gasteiger partial charge in [-0.1, -0.05) is 0 Å². The standard InChI is InChI=1S/C14H11NO4/c1-15(2)9-6-10(17)14-12(13(9)18)8-5-7(16)3-4-11(8)19-14/h3-6,16H,1-2H3. The first-order valence-electron chi connectivity index (χ1n) is 5.72. The van der Waals surface area contributed by atoms with Crippen LogP contribution in [0, 0.1) is 0 Å². The van der Waals surface area contributed by atoms with E-state index < -0.39 is 0 Å². The zero-order valence-electron chi connectivity index (χ0n) is 10.4. The molecule has 5 heteroatoms. The van der Waals surface area contributed by atoms with Crippen LogP contribution in [0.1, 0.15) is 20.9 Å². The molecule has 1 aromatic heterocycles. The van der Waals surface area contributed by atoms with Crippen molar-refractivity contribution in [2.24, 2.45) is 0 Å². The van der Waals surface area contributed by atoms with Gasteiger partial charge in [0, 0.05) is 25.6 Å². The van der Waals surface area contributed by atoms with Crippen LogP contribution in [0.2, 0.25) is 0 Å². The maximum absolute atomic E-state index is 12.4. The summed E-state index contributed by atoms with van der Waals surface area (Å²) in [4.78, 5) is 26.0. The molecule has 0 radical (unpaired) electrons. The number of nitrogens with zero attached hydrogens (tertiary/aromatic N) is 1. The molecule has 0 atom stereocenters. The third-order valence-electron chi connectivity index (χ3n) is 3.10. The van der Waals surface area contributed by atoms with Gasteiger partial charge in [0.2, 0.25) is 11.6 Å². The summed E-state index contributed by atoms with van der Waals surface area (Å²) in [6, 6.07) is 4.42. The number of phenols is 1. The lowest BCUT2D eigenvalue weighted by molar-refractivity contribution is 0.0949. The minimum absolute atomic E-state index is 0.0253. The molecule has 0 fully saturated rings. The van der Waals surface area contributed by atoms with Crippen LogP contribution in [-0.2, 0) is 0 Å². The number of fused-ring (bicyclic) bond motifs is 3. The number of likely N-dealkylation sites (N-methyl/N-ethyl adjacent to an activating group) is 1. The number of carbonyl (C=O) groups is 2. The van der Waals surface area contributed by atoms with Crippen LogP contribution in [0.5, 0.6) is 5.75 Å². The van der Waals surface area contributed by atoms with Crippen LogP contribution in [0.3, 0.4) is 0 Å². The van der Waals surface area contributed by atoms with Gasteiger partial charge >= 0.3 is 0 Å². The van der Waals surface area contributed by atoms with Gasteiger partial charge in [-0.15, -0.1) is 0 Å². The number of rotatable bonds is 1. The predicted molar refractivity (Wildman–Crippen MR) is 68.3 cm³/mol. The molecule has 0 spiro atoms. The average Bonchev–Trinajstić information content (AvgIpc) is 2.72. The number of benzene rings is 1. The Morgan fingerprint density at radius 1 is 1.21 bits per heavy atom. The van der Waals surface area contributed by atoms with Crippen molar-refractivity contribution in [3.63, 3.8) is 0 Å². The maximum Gasteiger partial charge on any atom is 0.224 e. The normalized spacial score (nSPS) is 14.5. The van der Waals surface area contributed by atoms with Crippen molar-refractivity contribution in [3.8, 4) is 5.75 Å². The SMILES string of the molecule is CN(C)C1=CC(=O)c2oc3ccc(O)cc3c2C1=O. The fourth-order valence-electron chi connectivity index (χ4n) is 2.20. The number of phenolic OH excluding ortho intramolecular Hbond substituents is 1. The van der Waals surface area contributed by atoms with Crippen LogP contribution in [0.25, 0.3) is 11.0 Å². The van der Waals surface area contributed by atoms with Crippen LogP contribution in [-0.4, -0.2) is 35.7 Å². The molecule has 0 aliphatic heterocycles. The Morgan fingerprint density at radius 3 is 2.63 bits per heavy atom. The highest BCUT2D eigenvalue weighted by Crippen LogP contribution is 2.33. The first-order chi connectivity index (χ1) is 8.99. The molecular formula is C14H11NO4. The summed E-state index contributed by atoms with van der Waals surface area (Å²) >= 11 is 0. The smallest absolute Gasteiger partial charge is 0.224 e. The average molecular weight is 257 g/mol. The molecule has 1 aromatic carbocycles. The fourth-order valence-corrected chi connectivity index (χ4v) is 2.20. The molecule has 96 valence electrons. The third kappa shape index (κ3) is 1.55. The highest BCUT2D eigenvalue weighted by Gasteiger charge is 2.32. The van der Waals surface area contributed by atoms with Gasteiger partial charge in [-0.05, 0) is 18.2 Å². The van der Waals surface area contributed by atoms with Crippen molar-refractivity contribution >= 4 is 22.5 Å². The molecule has 1 heterocycles. The Balaban J connectivity index is 2.33. The van der Waals surface area contributed by atoms with E-state index in [1.807, 2.05) is 0 Å². The summed E-state index contributed by atoms with van der Waals surface area (Å²) in [6.07, 6.45) is 1.27. The second-order valence-electron chi connectivity index (χ2n) is 4.60. The van der Waals surface area contributed by atoms with Crippen molar-refractivity contribution in [3.05, 3.63) is 41.3 Å². The lowest BCUT2D eigenvalue weighted by atomic mass is 9.96. The van der Waals surface area contributed by atoms with E-state index in [1.54, 1.807) is 25.1 Å². The summed E-state index contributed by atoms with van der Waals surface area (Å²) in [5.74, 6) is -0.550. The van der Waals surface area contributed by atoms with Crippen LogP contribution in [0.15, 0.2) is 34.4 Å². The van der Waals surface area contributed by atoms with Crippen molar-refractivity contribution in [2.75, 3.05) is 14.1 Å². The second-order valence-corrected chi connectivity index (χ2v) is 4.60. The number of hydrogen-bond donors (Lipinski definition) is 1. The van der Waals surface area contributed by atoms with Crippen LogP contribution < -0.4 is 0 Å². The molecule has 1 aliphatic carbocycles. The molecule has 0 amide bonds. The Morgan fingerprint density at radius 2 is 1.95 bits per heavy atom. The molecule has 3 rings (SSSR count).